The van der Waals surface area contributed by atoms with E-state index in [-0.39, 0.29) is 0 Å². The topological polar surface area (TPSA) is 21.1 Å². The molecule has 1 atom stereocenters. The number of hydrogen-bond donors (Lipinski definition) is 0. The average molecular weight is 308 g/mol. The van der Waals surface area contributed by atoms with Gasteiger partial charge in [-0.25, -0.2) is 4.98 Å². The molecule has 18 heavy (non-hydrogen) atoms. The van der Waals surface area contributed by atoms with E-state index in [9.17, 15) is 0 Å². The maximum Gasteiger partial charge on any atom is 0.141 e. The molecule has 0 bridgehead atoms. The van der Waals surface area contributed by atoms with Crippen LogP contribution in [-0.4, -0.2) is 34.6 Å². The standard InChI is InChI=1S/C14H18BrN3/c1-17(2)9-4-6-12-11(8-9)10-5-7-13(15)16-14(10)18(12)3/h5,7,9H,4,6,8H2,1-3H3/t9-/m0/s1. The van der Waals surface area contributed by atoms with Crippen LogP contribution >= 0.6 is 15.9 Å². The second-order valence-corrected chi connectivity index (χ2v) is 6.16. The Balaban J connectivity index is 2.16. The first-order valence-electron chi connectivity index (χ1n) is 6.37. The molecule has 2 heterocycles. The summed E-state index contributed by atoms with van der Waals surface area (Å²) in [5.41, 5.74) is 4.07. The van der Waals surface area contributed by atoms with Gasteiger partial charge >= 0.3 is 0 Å². The molecule has 3 nitrogen and oxygen atoms in total. The summed E-state index contributed by atoms with van der Waals surface area (Å²) < 4.78 is 3.18. The van der Waals surface area contributed by atoms with Crippen LogP contribution in [0, 0.1) is 0 Å². The maximum atomic E-state index is 4.62. The number of pyridine rings is 1. The average Bonchev–Trinajstić information content (AvgIpc) is 2.62. The molecule has 2 aromatic heterocycles. The number of halogens is 1. The lowest BCUT2D eigenvalue weighted by molar-refractivity contribution is 0.267. The molecule has 0 N–H and O–H groups in total. The van der Waals surface area contributed by atoms with Crippen molar-refractivity contribution in [3.05, 3.63) is 28.0 Å². The Morgan fingerprint density at radius 2 is 2.17 bits per heavy atom. The minimum absolute atomic E-state index is 0.659. The number of aryl methyl sites for hydroxylation is 1. The Morgan fingerprint density at radius 1 is 1.39 bits per heavy atom. The minimum Gasteiger partial charge on any atom is -0.332 e. The summed E-state index contributed by atoms with van der Waals surface area (Å²) in [7, 11) is 6.49. The van der Waals surface area contributed by atoms with Crippen LogP contribution in [-0.2, 0) is 19.9 Å². The number of hydrogen-bond acceptors (Lipinski definition) is 2. The van der Waals surface area contributed by atoms with E-state index in [1.54, 1.807) is 0 Å². The summed E-state index contributed by atoms with van der Waals surface area (Å²) in [4.78, 5) is 6.96. The lowest BCUT2D eigenvalue weighted by Gasteiger charge is -2.28. The van der Waals surface area contributed by atoms with Gasteiger partial charge in [-0.1, -0.05) is 0 Å². The molecule has 1 aliphatic carbocycles. The van der Waals surface area contributed by atoms with Crippen LogP contribution in [0.25, 0.3) is 11.0 Å². The van der Waals surface area contributed by atoms with E-state index in [4.69, 9.17) is 0 Å². The highest BCUT2D eigenvalue weighted by molar-refractivity contribution is 9.10. The van der Waals surface area contributed by atoms with Crippen molar-refractivity contribution in [3.63, 3.8) is 0 Å². The number of aromatic nitrogens is 2. The molecular weight excluding hydrogens is 290 g/mol. The van der Waals surface area contributed by atoms with E-state index in [1.165, 1.54) is 23.1 Å². The van der Waals surface area contributed by atoms with Gasteiger partial charge in [0.05, 0.1) is 0 Å². The Morgan fingerprint density at radius 3 is 2.89 bits per heavy atom. The fourth-order valence-corrected chi connectivity index (χ4v) is 3.33. The van der Waals surface area contributed by atoms with Crippen molar-refractivity contribution in [2.45, 2.75) is 25.3 Å². The maximum absolute atomic E-state index is 4.62. The van der Waals surface area contributed by atoms with Crippen molar-refractivity contribution in [2.24, 2.45) is 7.05 Å². The quantitative estimate of drug-likeness (QED) is 0.755. The molecule has 0 aliphatic heterocycles. The normalized spacial score (nSPS) is 19.5. The van der Waals surface area contributed by atoms with Gasteiger partial charge in [0, 0.05) is 24.2 Å². The van der Waals surface area contributed by atoms with Gasteiger partial charge in [-0.05, 0) is 67.0 Å². The van der Waals surface area contributed by atoms with E-state index in [0.717, 1.165) is 23.1 Å². The summed E-state index contributed by atoms with van der Waals surface area (Å²) in [6.45, 7) is 0. The SMILES string of the molecule is CN(C)[C@H]1CCc2c(c3ccc(Br)nc3n2C)C1. The first-order valence-corrected chi connectivity index (χ1v) is 7.16. The van der Waals surface area contributed by atoms with Gasteiger partial charge in [-0.15, -0.1) is 0 Å². The van der Waals surface area contributed by atoms with Crippen molar-refractivity contribution >= 4 is 27.0 Å². The van der Waals surface area contributed by atoms with Crippen molar-refractivity contribution in [1.29, 1.82) is 0 Å². The Hall–Kier alpha value is -0.870. The Kier molecular flexibility index (Phi) is 2.94. The summed E-state index contributed by atoms with van der Waals surface area (Å²) >= 11 is 3.46. The van der Waals surface area contributed by atoms with E-state index < -0.39 is 0 Å². The Labute approximate surface area is 116 Å². The zero-order valence-electron chi connectivity index (χ0n) is 11.1. The van der Waals surface area contributed by atoms with Gasteiger partial charge in [-0.3, -0.25) is 0 Å². The van der Waals surface area contributed by atoms with Crippen molar-refractivity contribution in [2.75, 3.05) is 14.1 Å². The molecule has 4 heteroatoms. The van der Waals surface area contributed by atoms with Crippen LogP contribution in [0.15, 0.2) is 16.7 Å². The van der Waals surface area contributed by atoms with Crippen LogP contribution in [0.5, 0.6) is 0 Å². The number of nitrogens with zero attached hydrogens (tertiary/aromatic N) is 3. The minimum atomic E-state index is 0.659. The molecule has 0 unspecified atom stereocenters. The monoisotopic (exact) mass is 307 g/mol. The second kappa shape index (κ2) is 4.35. The fourth-order valence-electron chi connectivity index (χ4n) is 3.03. The van der Waals surface area contributed by atoms with Crippen LogP contribution in [0.4, 0.5) is 0 Å². The lowest BCUT2D eigenvalue weighted by Crippen LogP contribution is -2.33. The molecule has 96 valence electrons. The zero-order chi connectivity index (χ0) is 12.9. The van der Waals surface area contributed by atoms with Gasteiger partial charge in [0.15, 0.2) is 0 Å². The summed E-state index contributed by atoms with van der Waals surface area (Å²) in [5.74, 6) is 0. The summed E-state index contributed by atoms with van der Waals surface area (Å²) in [5, 5.41) is 1.32. The van der Waals surface area contributed by atoms with Crippen LogP contribution in [0.2, 0.25) is 0 Å². The molecule has 0 saturated heterocycles. The highest BCUT2D eigenvalue weighted by Gasteiger charge is 2.25. The molecule has 3 rings (SSSR count). The van der Waals surface area contributed by atoms with E-state index in [0.29, 0.717) is 6.04 Å². The smallest absolute Gasteiger partial charge is 0.141 e. The molecular formula is C14H18BrN3. The third-order valence-corrected chi connectivity index (χ3v) is 4.56. The predicted octanol–water partition coefficient (Wildman–Crippen LogP) is 2.75. The highest BCUT2D eigenvalue weighted by atomic mass is 79.9. The fraction of sp³-hybridized carbons (Fsp3) is 0.500. The van der Waals surface area contributed by atoms with E-state index >= 15 is 0 Å². The number of likely N-dealkylation sites (N-methyl/N-ethyl adjacent to an activating group) is 1. The predicted molar refractivity (Wildman–Crippen MR) is 77.9 cm³/mol. The summed E-state index contributed by atoms with van der Waals surface area (Å²) in [6, 6.07) is 4.90. The van der Waals surface area contributed by atoms with Gasteiger partial charge in [0.1, 0.15) is 10.3 Å². The molecule has 0 spiro atoms. The van der Waals surface area contributed by atoms with E-state index in [1.807, 2.05) is 6.07 Å². The Bertz CT molecular complexity index is 601. The van der Waals surface area contributed by atoms with Crippen LogP contribution < -0.4 is 0 Å². The lowest BCUT2D eigenvalue weighted by atomic mass is 9.91. The highest BCUT2D eigenvalue weighted by Crippen LogP contribution is 2.32. The van der Waals surface area contributed by atoms with Gasteiger partial charge in [0.2, 0.25) is 0 Å². The molecule has 1 aliphatic rings. The second-order valence-electron chi connectivity index (χ2n) is 5.35. The third kappa shape index (κ3) is 1.79. The van der Waals surface area contributed by atoms with Gasteiger partial charge in [0.25, 0.3) is 0 Å². The summed E-state index contributed by atoms with van der Waals surface area (Å²) in [6.07, 6.45) is 3.54. The largest absolute Gasteiger partial charge is 0.332 e. The molecule has 0 saturated carbocycles. The van der Waals surface area contributed by atoms with Crippen LogP contribution in [0.3, 0.4) is 0 Å². The van der Waals surface area contributed by atoms with Crippen LogP contribution in [0.1, 0.15) is 17.7 Å². The molecule has 2 aromatic rings. The zero-order valence-corrected chi connectivity index (χ0v) is 12.7. The first-order chi connectivity index (χ1) is 8.58. The number of fused-ring (bicyclic) bond motifs is 3. The molecule has 0 fully saturated rings. The molecule has 0 amide bonds. The number of rotatable bonds is 1. The molecule has 0 radical (unpaired) electrons. The van der Waals surface area contributed by atoms with Crippen molar-refractivity contribution in [1.82, 2.24) is 14.5 Å². The molecule has 0 aromatic carbocycles. The third-order valence-electron chi connectivity index (χ3n) is 4.12. The first kappa shape index (κ1) is 12.2. The van der Waals surface area contributed by atoms with Gasteiger partial charge in [-0.2, -0.15) is 0 Å². The van der Waals surface area contributed by atoms with E-state index in [2.05, 4.69) is 57.6 Å². The van der Waals surface area contributed by atoms with Crippen molar-refractivity contribution < 1.29 is 0 Å². The van der Waals surface area contributed by atoms with Crippen molar-refractivity contribution in [3.8, 4) is 0 Å². The van der Waals surface area contributed by atoms with Gasteiger partial charge < -0.3 is 9.47 Å².